The van der Waals surface area contributed by atoms with Gasteiger partial charge in [0.1, 0.15) is 30.7 Å². The fourth-order valence-electron chi connectivity index (χ4n) is 6.93. The third kappa shape index (κ3) is 32.8. The largest absolute Gasteiger partial charge is 0.481 e. The number of anilines is 1. The van der Waals surface area contributed by atoms with Gasteiger partial charge in [-0.1, -0.05) is 149 Å². The Morgan fingerprint density at radius 2 is 1.28 bits per heavy atom. The molecule has 8 N–H and O–H groups in total. The van der Waals surface area contributed by atoms with Crippen molar-refractivity contribution in [2.75, 3.05) is 25.6 Å². The molecule has 426 valence electrons. The smallest absolute Gasteiger partial charge is 0.462 e. The molecule has 76 heavy (non-hydrogen) atoms. The second-order valence-corrected chi connectivity index (χ2v) is 20.7. The number of carbonyl (C=O) groups excluding carboxylic acids is 2. The topological polar surface area (TPSA) is 306 Å². The van der Waals surface area contributed by atoms with E-state index in [9.17, 15) is 53.7 Å². The number of phosphoric acid groups is 2. The summed E-state index contributed by atoms with van der Waals surface area (Å²) in [6.45, 7) is 1.73. The van der Waals surface area contributed by atoms with Crippen molar-refractivity contribution in [2.45, 2.75) is 172 Å². The Balaban J connectivity index is 1.87. The highest BCUT2D eigenvalue weighted by Gasteiger charge is 2.46. The number of nitrogen functional groups attached to an aromatic ring is 1. The zero-order chi connectivity index (χ0) is 55.9. The van der Waals surface area contributed by atoms with E-state index in [1.807, 2.05) is 31.2 Å². The third-order valence-corrected chi connectivity index (χ3v) is 13.6. The van der Waals surface area contributed by atoms with Crippen LogP contribution in [0, 0.1) is 0 Å². The number of hydrogen-bond donors (Lipinski definition) is 7. The molecule has 1 aliphatic heterocycles. The van der Waals surface area contributed by atoms with Crippen LogP contribution in [-0.4, -0.2) is 108 Å². The lowest BCUT2D eigenvalue weighted by Gasteiger charge is -2.21. The van der Waals surface area contributed by atoms with Crippen LogP contribution in [0.2, 0.25) is 0 Å². The van der Waals surface area contributed by atoms with Crippen LogP contribution in [0.4, 0.5) is 5.82 Å². The van der Waals surface area contributed by atoms with Crippen LogP contribution >= 0.6 is 15.6 Å². The molecule has 2 rings (SSSR count). The summed E-state index contributed by atoms with van der Waals surface area (Å²) in [6.07, 6.45) is 39.5. The van der Waals surface area contributed by atoms with E-state index < -0.39 is 95.9 Å². The normalized spacial score (nSPS) is 20.4. The molecule has 0 radical (unpaired) electrons. The number of unbranched alkanes of at least 4 members (excludes halogenated alkanes) is 7. The molecule has 1 fully saturated rings. The first-order chi connectivity index (χ1) is 36.5. The monoisotopic (exact) mass is 1110 g/mol. The maximum atomic E-state index is 12.9. The predicted octanol–water partition coefficient (Wildman–Crippen LogP) is 8.94. The van der Waals surface area contributed by atoms with E-state index in [2.05, 4.69) is 52.7 Å². The van der Waals surface area contributed by atoms with Gasteiger partial charge in [0.25, 0.3) is 0 Å². The first-order valence-corrected chi connectivity index (χ1v) is 29.1. The summed E-state index contributed by atoms with van der Waals surface area (Å²) in [7, 11) is -11.0. The summed E-state index contributed by atoms with van der Waals surface area (Å²) in [5.41, 5.74) is 4.57. The van der Waals surface area contributed by atoms with Gasteiger partial charge in [-0.2, -0.15) is 9.29 Å². The fourth-order valence-corrected chi connectivity index (χ4v) is 9.04. The zero-order valence-corrected chi connectivity index (χ0v) is 45.8. The second-order valence-electron chi connectivity index (χ2n) is 17.7. The minimum atomic E-state index is -5.48. The van der Waals surface area contributed by atoms with Crippen LogP contribution in [-0.2, 0) is 46.3 Å². The first kappa shape index (κ1) is 67.4. The molecular formula is C54H83N3O17P2. The predicted molar refractivity (Wildman–Crippen MR) is 291 cm³/mol. The minimum absolute atomic E-state index is 0.0565. The van der Waals surface area contributed by atoms with Gasteiger partial charge in [0.15, 0.2) is 12.3 Å². The van der Waals surface area contributed by atoms with E-state index in [0.29, 0.717) is 25.7 Å². The van der Waals surface area contributed by atoms with Crippen LogP contribution in [0.25, 0.3) is 0 Å². The number of ether oxygens (including phenoxy) is 3. The van der Waals surface area contributed by atoms with Crippen molar-refractivity contribution in [1.29, 1.82) is 0 Å². The minimum Gasteiger partial charge on any atom is -0.462 e. The third-order valence-electron chi connectivity index (χ3n) is 11.0. The maximum absolute atomic E-state index is 12.9. The lowest BCUT2D eigenvalue weighted by Crippen LogP contribution is -2.36. The quantitative estimate of drug-likeness (QED) is 0.0106. The maximum Gasteiger partial charge on any atom is 0.481 e. The van der Waals surface area contributed by atoms with Gasteiger partial charge in [-0.15, -0.1) is 0 Å². The molecule has 1 aromatic rings. The van der Waals surface area contributed by atoms with Crippen LogP contribution < -0.4 is 11.4 Å². The van der Waals surface area contributed by atoms with Gasteiger partial charge in [0.05, 0.1) is 25.4 Å². The first-order valence-electron chi connectivity index (χ1n) is 26.1. The lowest BCUT2D eigenvalue weighted by molar-refractivity contribution is -0.161. The number of aromatic nitrogens is 2. The highest BCUT2D eigenvalue weighted by atomic mass is 31.3. The fraction of sp³-hybridized carbons (Fsp3) is 0.556. The molecule has 0 bridgehead atoms. The molecule has 2 heterocycles. The Kier molecular flexibility index (Phi) is 36.0. The summed E-state index contributed by atoms with van der Waals surface area (Å²) in [4.78, 5) is 61.9. The van der Waals surface area contributed by atoms with Crippen molar-refractivity contribution in [1.82, 2.24) is 9.55 Å². The van der Waals surface area contributed by atoms with Crippen molar-refractivity contribution in [3.05, 3.63) is 132 Å². The van der Waals surface area contributed by atoms with E-state index in [1.165, 1.54) is 25.3 Å². The molecule has 9 atom stereocenters. The number of aliphatic hydroxyl groups is 4. The number of nitrogens with zero attached hydrogens (tertiary/aromatic N) is 2. The van der Waals surface area contributed by atoms with Gasteiger partial charge in [-0.05, 0) is 83.1 Å². The van der Waals surface area contributed by atoms with Crippen molar-refractivity contribution < 1.29 is 76.5 Å². The van der Waals surface area contributed by atoms with Gasteiger partial charge < -0.3 is 50.2 Å². The van der Waals surface area contributed by atoms with E-state index in [1.54, 1.807) is 48.6 Å². The van der Waals surface area contributed by atoms with Crippen molar-refractivity contribution in [2.24, 2.45) is 0 Å². The summed E-state index contributed by atoms with van der Waals surface area (Å²) < 4.78 is 56.6. The second kappa shape index (κ2) is 40.5. The SMILES string of the molecule is CC/C=C\C[C@H](O)/C=C/C=C\C=C\[C@H](O)C/C=C\C/C=C\CCC(=O)O[C@H](COC(=O)CCCCCC/C=C\C/C=C\C/C=C\CCCCC)COP(=O)(O)OP(=O)(O)OC[C@H]1O[C@@H](n2ccc(N)nc2=O)[C@H](O)[C@@H]1O. The van der Waals surface area contributed by atoms with Crippen molar-refractivity contribution >= 4 is 33.4 Å². The molecule has 1 saturated heterocycles. The number of carbonyl (C=O) groups is 2. The lowest BCUT2D eigenvalue weighted by atomic mass is 10.1. The number of hydrogen-bond acceptors (Lipinski definition) is 17. The number of aliphatic hydroxyl groups excluding tert-OH is 4. The zero-order valence-electron chi connectivity index (χ0n) is 44.0. The summed E-state index contributed by atoms with van der Waals surface area (Å²) in [6, 6.07) is 1.23. The standard InChI is InChI=1S/C54H83N3O17P2/c1-3-5-7-8-9-10-11-12-13-14-15-16-17-18-19-23-31-37-49(60)69-41-46(72-50(61)38-32-24-21-20-22-28-34-45(59)36-30-26-25-29-35-44(58)33-27-6-4-2)42-70-75(65,66)74-76(67,68)71-43-47-51(62)52(63)53(73-47)57-40-39-48(55)56-54(57)64/h6,9-10,12-13,15-16,21-22,24-30,35-36,39-40,44-47,51-53,58-59,62-63H,3-5,7-8,11,14,17-20,23,31-34,37-38,41-43H2,1-2H3,(H,65,66)(H,67,68)(H2,55,56,64)/b10-9-,13-12-,16-15-,24-21-,26-25-,27-6-,28-22-,35-29+,36-30+/t44-,45+,46+,47+,51+,52+,53+/m0/s1. The molecule has 0 spiro atoms. The number of phosphoric ester groups is 2. The average molecular weight is 1110 g/mol. The number of allylic oxidation sites excluding steroid dienone is 14. The molecule has 0 aliphatic carbocycles. The highest BCUT2D eigenvalue weighted by molar-refractivity contribution is 7.61. The van der Waals surface area contributed by atoms with Crippen LogP contribution in [0.5, 0.6) is 0 Å². The Bertz CT molecular complexity index is 2240. The van der Waals surface area contributed by atoms with Gasteiger partial charge in [-0.25, -0.2) is 13.9 Å². The Morgan fingerprint density at radius 3 is 1.89 bits per heavy atom. The van der Waals surface area contributed by atoms with Gasteiger partial charge in [-0.3, -0.25) is 23.2 Å². The molecule has 0 aromatic carbocycles. The molecule has 2 unspecified atom stereocenters. The molecule has 1 aromatic heterocycles. The molecule has 20 nitrogen and oxygen atoms in total. The molecule has 0 saturated carbocycles. The van der Waals surface area contributed by atoms with Crippen molar-refractivity contribution in [3.8, 4) is 0 Å². The molecule has 1 aliphatic rings. The number of rotatable bonds is 41. The van der Waals surface area contributed by atoms with E-state index in [0.717, 1.165) is 62.1 Å². The Hall–Kier alpha value is -4.66. The van der Waals surface area contributed by atoms with Gasteiger partial charge in [0.2, 0.25) is 0 Å². The highest BCUT2D eigenvalue weighted by Crippen LogP contribution is 2.60. The summed E-state index contributed by atoms with van der Waals surface area (Å²) in [5, 5.41) is 41.0. The Morgan fingerprint density at radius 1 is 0.711 bits per heavy atom. The number of esters is 2. The summed E-state index contributed by atoms with van der Waals surface area (Å²) >= 11 is 0. The Labute approximate surface area is 447 Å². The number of nitrogens with two attached hydrogens (primary N) is 1. The molecular weight excluding hydrogens is 1020 g/mol. The van der Waals surface area contributed by atoms with Crippen molar-refractivity contribution in [3.63, 3.8) is 0 Å². The van der Waals surface area contributed by atoms with Gasteiger partial charge >= 0.3 is 33.3 Å². The summed E-state index contributed by atoms with van der Waals surface area (Å²) in [5.74, 6) is -1.52. The average Bonchev–Trinajstić information content (AvgIpc) is 3.65. The molecule has 22 heteroatoms. The van der Waals surface area contributed by atoms with E-state index in [4.69, 9.17) is 29.0 Å². The van der Waals surface area contributed by atoms with Crippen LogP contribution in [0.3, 0.4) is 0 Å². The van der Waals surface area contributed by atoms with Crippen LogP contribution in [0.15, 0.2) is 126 Å². The molecule has 0 amide bonds. The van der Waals surface area contributed by atoms with Crippen LogP contribution in [0.1, 0.15) is 136 Å². The van der Waals surface area contributed by atoms with E-state index in [-0.39, 0.29) is 25.1 Å². The van der Waals surface area contributed by atoms with Gasteiger partial charge in [0, 0.05) is 19.0 Å². The van der Waals surface area contributed by atoms with E-state index >= 15 is 0 Å².